The Hall–Kier alpha value is -3.22. The molecule has 6 nitrogen and oxygen atoms in total. The minimum absolute atomic E-state index is 0.200. The first-order valence-electron chi connectivity index (χ1n) is 10.4. The van der Waals surface area contributed by atoms with Gasteiger partial charge in [0.05, 0.1) is 6.20 Å². The summed E-state index contributed by atoms with van der Waals surface area (Å²) in [7, 11) is 0. The number of benzene rings is 1. The Morgan fingerprint density at radius 1 is 1.17 bits per heavy atom. The Morgan fingerprint density at radius 3 is 2.73 bits per heavy atom. The first kappa shape index (κ1) is 20.1. The fourth-order valence-corrected chi connectivity index (χ4v) is 4.14. The largest absolute Gasteiger partial charge is 0.398 e. The number of anilines is 1. The van der Waals surface area contributed by atoms with Crippen molar-refractivity contribution in [3.63, 3.8) is 0 Å². The Kier molecular flexibility index (Phi) is 5.79. The molecule has 3 N–H and O–H groups in total. The molecular formula is C23H25FN4O2. The van der Waals surface area contributed by atoms with Gasteiger partial charge in [-0.05, 0) is 42.7 Å². The van der Waals surface area contributed by atoms with Gasteiger partial charge >= 0.3 is 0 Å². The van der Waals surface area contributed by atoms with Crippen LogP contribution in [0.15, 0.2) is 42.7 Å². The molecule has 0 saturated heterocycles. The zero-order chi connectivity index (χ0) is 21.1. The van der Waals surface area contributed by atoms with Gasteiger partial charge in [0, 0.05) is 29.6 Å². The number of pyridine rings is 1. The Morgan fingerprint density at radius 2 is 1.97 bits per heavy atom. The van der Waals surface area contributed by atoms with E-state index in [1.807, 2.05) is 0 Å². The van der Waals surface area contributed by atoms with E-state index < -0.39 is 5.82 Å². The van der Waals surface area contributed by atoms with Gasteiger partial charge in [0.1, 0.15) is 17.2 Å². The summed E-state index contributed by atoms with van der Waals surface area (Å²) in [6.45, 7) is 0.636. The number of carbonyl (C=O) groups excluding carboxylic acids is 2. The second-order valence-electron chi connectivity index (χ2n) is 7.90. The van der Waals surface area contributed by atoms with Crippen LogP contribution < -0.4 is 11.1 Å². The van der Waals surface area contributed by atoms with Crippen LogP contribution in [0.3, 0.4) is 0 Å². The normalized spacial score (nSPS) is 14.7. The lowest BCUT2D eigenvalue weighted by atomic mass is 9.87. The van der Waals surface area contributed by atoms with Crippen LogP contribution in [0.2, 0.25) is 0 Å². The van der Waals surface area contributed by atoms with Gasteiger partial charge in [0.15, 0.2) is 0 Å². The van der Waals surface area contributed by atoms with Crippen LogP contribution >= 0.6 is 0 Å². The van der Waals surface area contributed by atoms with E-state index in [1.165, 1.54) is 73.2 Å². The molecule has 1 saturated carbocycles. The fourth-order valence-electron chi connectivity index (χ4n) is 4.14. The molecule has 0 radical (unpaired) electrons. The van der Waals surface area contributed by atoms with Gasteiger partial charge in [-0.3, -0.25) is 14.0 Å². The van der Waals surface area contributed by atoms with Crippen molar-refractivity contribution in [2.75, 3.05) is 12.3 Å². The van der Waals surface area contributed by atoms with Gasteiger partial charge in [-0.25, -0.2) is 9.37 Å². The summed E-state index contributed by atoms with van der Waals surface area (Å²) in [6, 6.07) is 7.41. The molecular weight excluding hydrogens is 383 g/mol. The molecule has 0 spiro atoms. The molecule has 0 unspecified atom stereocenters. The predicted molar refractivity (Wildman–Crippen MR) is 113 cm³/mol. The number of nitrogens with two attached hydrogens (primary N) is 1. The summed E-state index contributed by atoms with van der Waals surface area (Å²) in [6.07, 6.45) is 9.95. The molecule has 0 bridgehead atoms. The van der Waals surface area contributed by atoms with E-state index in [0.29, 0.717) is 23.7 Å². The molecule has 30 heavy (non-hydrogen) atoms. The van der Waals surface area contributed by atoms with E-state index in [4.69, 9.17) is 5.73 Å². The number of hydrogen-bond acceptors (Lipinski definition) is 4. The summed E-state index contributed by atoms with van der Waals surface area (Å²) in [5.74, 6) is -0.356. The van der Waals surface area contributed by atoms with Gasteiger partial charge < -0.3 is 11.1 Å². The average molecular weight is 408 g/mol. The molecule has 7 heteroatoms. The van der Waals surface area contributed by atoms with Crippen LogP contribution in [0.25, 0.3) is 5.65 Å². The molecule has 1 amide bonds. The zero-order valence-electron chi connectivity index (χ0n) is 16.7. The lowest BCUT2D eigenvalue weighted by Crippen LogP contribution is -2.26. The quantitative estimate of drug-likeness (QED) is 0.477. The van der Waals surface area contributed by atoms with Crippen LogP contribution in [0.5, 0.6) is 0 Å². The maximum atomic E-state index is 13.6. The fraction of sp³-hybridized carbons (Fsp3) is 0.348. The van der Waals surface area contributed by atoms with Crippen LogP contribution in [-0.2, 0) is 0 Å². The van der Waals surface area contributed by atoms with Crippen LogP contribution in [-0.4, -0.2) is 27.6 Å². The highest BCUT2D eigenvalue weighted by molar-refractivity contribution is 6.12. The molecule has 0 atom stereocenters. The van der Waals surface area contributed by atoms with E-state index in [2.05, 4.69) is 10.3 Å². The molecule has 4 rings (SSSR count). The van der Waals surface area contributed by atoms with Crippen molar-refractivity contribution in [2.24, 2.45) is 5.92 Å². The molecule has 3 aromatic rings. The molecule has 1 aliphatic carbocycles. The standard InChI is InChI=1S/C23H25FN4O2/c24-17-7-9-21-27-13-20(28(21)14-17)22(29)18-8-6-16(12-19(18)25)23(30)26-11-10-15-4-2-1-3-5-15/h6-9,12-15H,1-5,10-11,25H2,(H,26,30). The summed E-state index contributed by atoms with van der Waals surface area (Å²) >= 11 is 0. The zero-order valence-corrected chi connectivity index (χ0v) is 16.7. The van der Waals surface area contributed by atoms with Crippen molar-refractivity contribution in [1.82, 2.24) is 14.7 Å². The van der Waals surface area contributed by atoms with Gasteiger partial charge in [0.2, 0.25) is 5.78 Å². The van der Waals surface area contributed by atoms with Crippen LogP contribution in [0.1, 0.15) is 64.9 Å². The first-order valence-corrected chi connectivity index (χ1v) is 10.4. The summed E-state index contributed by atoms with van der Waals surface area (Å²) in [5, 5.41) is 2.94. The van der Waals surface area contributed by atoms with Gasteiger partial charge in [-0.2, -0.15) is 0 Å². The molecule has 0 aliphatic heterocycles. The molecule has 156 valence electrons. The minimum atomic E-state index is -0.470. The number of imidazole rings is 1. The summed E-state index contributed by atoms with van der Waals surface area (Å²) < 4.78 is 15.0. The number of nitrogen functional groups attached to an aromatic ring is 1. The third kappa shape index (κ3) is 4.20. The van der Waals surface area contributed by atoms with E-state index in [9.17, 15) is 14.0 Å². The number of nitrogens with one attached hydrogen (secondary N) is 1. The highest BCUT2D eigenvalue weighted by atomic mass is 19.1. The molecule has 2 heterocycles. The van der Waals surface area contributed by atoms with E-state index in [1.54, 1.807) is 6.07 Å². The smallest absolute Gasteiger partial charge is 0.251 e. The predicted octanol–water partition coefficient (Wildman–Crippen LogP) is 3.99. The number of nitrogens with zero attached hydrogens (tertiary/aromatic N) is 2. The number of rotatable bonds is 6. The number of hydrogen-bond donors (Lipinski definition) is 2. The maximum absolute atomic E-state index is 13.6. The van der Waals surface area contributed by atoms with Crippen molar-refractivity contribution in [2.45, 2.75) is 38.5 Å². The minimum Gasteiger partial charge on any atom is -0.398 e. The third-order valence-electron chi connectivity index (χ3n) is 5.82. The van der Waals surface area contributed by atoms with Crippen molar-refractivity contribution in [1.29, 1.82) is 0 Å². The van der Waals surface area contributed by atoms with E-state index >= 15 is 0 Å². The first-order chi connectivity index (χ1) is 14.5. The summed E-state index contributed by atoms with van der Waals surface area (Å²) in [4.78, 5) is 29.5. The Labute approximate surface area is 174 Å². The molecule has 1 aromatic carbocycles. The second kappa shape index (κ2) is 8.65. The topological polar surface area (TPSA) is 89.5 Å². The molecule has 2 aromatic heterocycles. The summed E-state index contributed by atoms with van der Waals surface area (Å²) in [5.41, 5.74) is 7.62. The highest BCUT2D eigenvalue weighted by Crippen LogP contribution is 2.26. The Balaban J connectivity index is 1.45. The number of ketones is 1. The van der Waals surface area contributed by atoms with Crippen molar-refractivity contribution < 1.29 is 14.0 Å². The lowest BCUT2D eigenvalue weighted by molar-refractivity contribution is 0.0949. The van der Waals surface area contributed by atoms with E-state index in [0.717, 1.165) is 6.42 Å². The average Bonchev–Trinajstić information content (AvgIpc) is 3.17. The molecule has 1 fully saturated rings. The number of aromatic nitrogens is 2. The monoisotopic (exact) mass is 408 g/mol. The van der Waals surface area contributed by atoms with Crippen molar-refractivity contribution in [3.8, 4) is 0 Å². The third-order valence-corrected chi connectivity index (χ3v) is 5.82. The van der Waals surface area contributed by atoms with Gasteiger partial charge in [0.25, 0.3) is 5.91 Å². The number of amides is 1. The van der Waals surface area contributed by atoms with Gasteiger partial charge in [-0.1, -0.05) is 32.1 Å². The van der Waals surface area contributed by atoms with Gasteiger partial charge in [-0.15, -0.1) is 0 Å². The van der Waals surface area contributed by atoms with Crippen LogP contribution in [0.4, 0.5) is 10.1 Å². The van der Waals surface area contributed by atoms with Crippen molar-refractivity contribution >= 4 is 23.0 Å². The maximum Gasteiger partial charge on any atom is 0.251 e. The Bertz CT molecular complexity index is 1090. The number of carbonyl (C=O) groups is 2. The SMILES string of the molecule is Nc1cc(C(=O)NCCC2CCCCC2)ccc1C(=O)c1cnc2ccc(F)cn12. The second-order valence-corrected chi connectivity index (χ2v) is 7.90. The molecule has 1 aliphatic rings. The lowest BCUT2D eigenvalue weighted by Gasteiger charge is -2.21. The van der Waals surface area contributed by atoms with E-state index in [-0.39, 0.29) is 28.6 Å². The number of fused-ring (bicyclic) bond motifs is 1. The highest BCUT2D eigenvalue weighted by Gasteiger charge is 2.19. The number of halogens is 1. The van der Waals surface area contributed by atoms with Crippen molar-refractivity contribution in [3.05, 3.63) is 65.4 Å². The van der Waals surface area contributed by atoms with Crippen LogP contribution in [0, 0.1) is 11.7 Å².